The highest BCUT2D eigenvalue weighted by Gasteiger charge is 2.03. The standard InChI is InChI=1S/C14H13FO/c1-10-3-5-11(6-4-10)12-7-13(15)9-14(8-12)16-2/h3-9H,1-2H3. The smallest absolute Gasteiger partial charge is 0.127 e. The average molecular weight is 216 g/mol. The van der Waals surface area contributed by atoms with Crippen molar-refractivity contribution >= 4 is 0 Å². The summed E-state index contributed by atoms with van der Waals surface area (Å²) >= 11 is 0. The van der Waals surface area contributed by atoms with Gasteiger partial charge in [-0.2, -0.15) is 0 Å². The predicted octanol–water partition coefficient (Wildman–Crippen LogP) is 3.81. The Bertz CT molecular complexity index is 489. The van der Waals surface area contributed by atoms with Gasteiger partial charge in [-0.3, -0.25) is 0 Å². The monoisotopic (exact) mass is 216 g/mol. The molecule has 0 spiro atoms. The second kappa shape index (κ2) is 4.35. The molecule has 2 rings (SSSR count). The number of rotatable bonds is 2. The lowest BCUT2D eigenvalue weighted by Crippen LogP contribution is -1.87. The van der Waals surface area contributed by atoms with Crippen molar-refractivity contribution in [2.45, 2.75) is 6.92 Å². The molecule has 0 atom stereocenters. The summed E-state index contributed by atoms with van der Waals surface area (Å²) in [6.07, 6.45) is 0. The van der Waals surface area contributed by atoms with Crippen molar-refractivity contribution in [3.63, 3.8) is 0 Å². The zero-order valence-corrected chi connectivity index (χ0v) is 9.33. The summed E-state index contributed by atoms with van der Waals surface area (Å²) in [5.41, 5.74) is 3.01. The Hall–Kier alpha value is -1.83. The van der Waals surface area contributed by atoms with Gasteiger partial charge in [0, 0.05) is 6.07 Å². The Kier molecular flexibility index (Phi) is 2.91. The van der Waals surface area contributed by atoms with Crippen molar-refractivity contribution < 1.29 is 9.13 Å². The average Bonchev–Trinajstić information content (AvgIpc) is 2.29. The van der Waals surface area contributed by atoms with Crippen LogP contribution in [0.3, 0.4) is 0 Å². The van der Waals surface area contributed by atoms with E-state index in [0.29, 0.717) is 5.75 Å². The summed E-state index contributed by atoms with van der Waals surface area (Å²) < 4.78 is 18.3. The van der Waals surface area contributed by atoms with Crippen LogP contribution in [0.2, 0.25) is 0 Å². The molecule has 2 heteroatoms. The summed E-state index contributed by atoms with van der Waals surface area (Å²) in [5, 5.41) is 0. The quantitative estimate of drug-likeness (QED) is 0.741. The number of aryl methyl sites for hydroxylation is 1. The van der Waals surface area contributed by atoms with Gasteiger partial charge < -0.3 is 4.74 Å². The van der Waals surface area contributed by atoms with Gasteiger partial charge in [0.05, 0.1) is 7.11 Å². The van der Waals surface area contributed by atoms with Gasteiger partial charge in [0.25, 0.3) is 0 Å². The summed E-state index contributed by atoms with van der Waals surface area (Å²) in [6.45, 7) is 2.02. The van der Waals surface area contributed by atoms with Crippen molar-refractivity contribution in [3.05, 3.63) is 53.8 Å². The molecule has 82 valence electrons. The third kappa shape index (κ3) is 2.22. The highest BCUT2D eigenvalue weighted by molar-refractivity contribution is 5.65. The molecule has 0 bridgehead atoms. The van der Waals surface area contributed by atoms with Gasteiger partial charge in [-0.15, -0.1) is 0 Å². The molecule has 0 unspecified atom stereocenters. The van der Waals surface area contributed by atoms with E-state index in [2.05, 4.69) is 0 Å². The number of hydrogen-bond donors (Lipinski definition) is 0. The molecule has 1 nitrogen and oxygen atoms in total. The first kappa shape index (κ1) is 10.7. The first-order valence-corrected chi connectivity index (χ1v) is 5.10. The minimum Gasteiger partial charge on any atom is -0.497 e. The molecular formula is C14H13FO. The third-order valence-electron chi connectivity index (χ3n) is 2.49. The summed E-state index contributed by atoms with van der Waals surface area (Å²) in [4.78, 5) is 0. The van der Waals surface area contributed by atoms with Crippen molar-refractivity contribution in [1.82, 2.24) is 0 Å². The van der Waals surface area contributed by atoms with Crippen molar-refractivity contribution in [1.29, 1.82) is 0 Å². The van der Waals surface area contributed by atoms with Crippen LogP contribution in [0.5, 0.6) is 5.75 Å². The second-order valence-electron chi connectivity index (χ2n) is 3.75. The van der Waals surface area contributed by atoms with Crippen LogP contribution in [-0.2, 0) is 0 Å². The normalized spacial score (nSPS) is 10.2. The molecule has 0 radical (unpaired) electrons. The molecule has 0 amide bonds. The maximum Gasteiger partial charge on any atom is 0.127 e. The van der Waals surface area contributed by atoms with Crippen LogP contribution >= 0.6 is 0 Å². The van der Waals surface area contributed by atoms with Crippen LogP contribution in [-0.4, -0.2) is 7.11 Å². The van der Waals surface area contributed by atoms with Crippen LogP contribution in [0.15, 0.2) is 42.5 Å². The van der Waals surface area contributed by atoms with Gasteiger partial charge in [-0.1, -0.05) is 29.8 Å². The van der Waals surface area contributed by atoms with E-state index in [-0.39, 0.29) is 5.82 Å². The molecule has 0 aliphatic carbocycles. The fourth-order valence-corrected chi connectivity index (χ4v) is 1.59. The summed E-state index contributed by atoms with van der Waals surface area (Å²) in [6, 6.07) is 12.7. The van der Waals surface area contributed by atoms with E-state index in [1.807, 2.05) is 37.3 Å². The van der Waals surface area contributed by atoms with E-state index >= 15 is 0 Å². The lowest BCUT2D eigenvalue weighted by Gasteiger charge is -2.06. The molecule has 0 saturated heterocycles. The van der Waals surface area contributed by atoms with Gasteiger partial charge in [0.15, 0.2) is 0 Å². The minimum atomic E-state index is -0.282. The Labute approximate surface area is 94.5 Å². The molecular weight excluding hydrogens is 203 g/mol. The Balaban J connectivity index is 2.47. The van der Waals surface area contributed by atoms with Crippen LogP contribution in [0.4, 0.5) is 4.39 Å². The Morgan fingerprint density at radius 1 is 0.938 bits per heavy atom. The van der Waals surface area contributed by atoms with E-state index in [9.17, 15) is 4.39 Å². The molecule has 0 heterocycles. The maximum atomic E-state index is 13.3. The summed E-state index contributed by atoms with van der Waals surface area (Å²) in [5.74, 6) is 0.255. The van der Waals surface area contributed by atoms with Crippen molar-refractivity contribution in [2.24, 2.45) is 0 Å². The van der Waals surface area contributed by atoms with E-state index in [1.165, 1.54) is 24.8 Å². The number of methoxy groups -OCH3 is 1. The largest absolute Gasteiger partial charge is 0.497 e. The molecule has 0 aromatic heterocycles. The first-order chi connectivity index (χ1) is 7.69. The van der Waals surface area contributed by atoms with Gasteiger partial charge >= 0.3 is 0 Å². The number of ether oxygens (including phenoxy) is 1. The lowest BCUT2D eigenvalue weighted by molar-refractivity contribution is 0.411. The molecule has 16 heavy (non-hydrogen) atoms. The van der Waals surface area contributed by atoms with Crippen molar-refractivity contribution in [3.8, 4) is 16.9 Å². The Morgan fingerprint density at radius 2 is 1.62 bits per heavy atom. The Morgan fingerprint density at radius 3 is 2.25 bits per heavy atom. The molecule has 0 saturated carbocycles. The van der Waals surface area contributed by atoms with E-state index < -0.39 is 0 Å². The second-order valence-corrected chi connectivity index (χ2v) is 3.75. The fraction of sp³-hybridized carbons (Fsp3) is 0.143. The highest BCUT2D eigenvalue weighted by Crippen LogP contribution is 2.25. The lowest BCUT2D eigenvalue weighted by atomic mass is 10.0. The van der Waals surface area contributed by atoms with Crippen molar-refractivity contribution in [2.75, 3.05) is 7.11 Å². The van der Waals surface area contributed by atoms with Crippen LogP contribution in [0, 0.1) is 12.7 Å². The number of benzene rings is 2. The first-order valence-electron chi connectivity index (χ1n) is 5.10. The van der Waals surface area contributed by atoms with E-state index in [4.69, 9.17) is 4.74 Å². The number of hydrogen-bond acceptors (Lipinski definition) is 1. The number of halogens is 1. The van der Waals surface area contributed by atoms with Crippen LogP contribution < -0.4 is 4.74 Å². The fourth-order valence-electron chi connectivity index (χ4n) is 1.59. The SMILES string of the molecule is COc1cc(F)cc(-c2ccc(C)cc2)c1. The van der Waals surface area contributed by atoms with Gasteiger partial charge in [0.1, 0.15) is 11.6 Å². The zero-order valence-electron chi connectivity index (χ0n) is 9.33. The minimum absolute atomic E-state index is 0.282. The van der Waals surface area contributed by atoms with E-state index in [0.717, 1.165) is 11.1 Å². The third-order valence-corrected chi connectivity index (χ3v) is 2.49. The van der Waals surface area contributed by atoms with E-state index in [1.54, 1.807) is 0 Å². The molecule has 0 aliphatic heterocycles. The maximum absolute atomic E-state index is 13.3. The molecule has 0 aliphatic rings. The predicted molar refractivity (Wildman–Crippen MR) is 63.1 cm³/mol. The highest BCUT2D eigenvalue weighted by atomic mass is 19.1. The zero-order chi connectivity index (χ0) is 11.5. The molecule has 2 aromatic carbocycles. The van der Waals surface area contributed by atoms with Gasteiger partial charge in [-0.05, 0) is 30.2 Å². The summed E-state index contributed by atoms with van der Waals surface area (Å²) in [7, 11) is 1.54. The van der Waals surface area contributed by atoms with Gasteiger partial charge in [-0.25, -0.2) is 4.39 Å². The molecule has 0 fully saturated rings. The van der Waals surface area contributed by atoms with Gasteiger partial charge in [0.2, 0.25) is 0 Å². The molecule has 0 N–H and O–H groups in total. The molecule has 2 aromatic rings. The van der Waals surface area contributed by atoms with Crippen LogP contribution in [0.25, 0.3) is 11.1 Å². The topological polar surface area (TPSA) is 9.23 Å². The van der Waals surface area contributed by atoms with Crippen LogP contribution in [0.1, 0.15) is 5.56 Å².